The van der Waals surface area contributed by atoms with Gasteiger partial charge in [0.1, 0.15) is 0 Å². The van der Waals surface area contributed by atoms with Crippen LogP contribution < -0.4 is 10.6 Å². The van der Waals surface area contributed by atoms with Gasteiger partial charge in [-0.3, -0.25) is 4.90 Å². The van der Waals surface area contributed by atoms with Crippen molar-refractivity contribution < 1.29 is 0 Å². The van der Waals surface area contributed by atoms with Crippen LogP contribution in [0.1, 0.15) is 59.8 Å². The molecule has 19 heavy (non-hydrogen) atoms. The Morgan fingerprint density at radius 3 is 2.16 bits per heavy atom. The third kappa shape index (κ3) is 3.50. The molecule has 0 aromatic heterocycles. The van der Waals surface area contributed by atoms with Crippen LogP contribution in [0.25, 0.3) is 0 Å². The molecule has 0 amide bonds. The molecule has 3 aliphatic rings. The summed E-state index contributed by atoms with van der Waals surface area (Å²) in [7, 11) is 0. The topological polar surface area (TPSA) is 27.3 Å². The first-order valence-corrected chi connectivity index (χ1v) is 8.12. The predicted octanol–water partition coefficient (Wildman–Crippen LogP) is 2.12. The zero-order chi connectivity index (χ0) is 13.7. The van der Waals surface area contributed by atoms with Crippen LogP contribution in [0.15, 0.2) is 0 Å². The second-order valence-corrected chi connectivity index (χ2v) is 8.38. The zero-order valence-electron chi connectivity index (χ0n) is 13.1. The number of piperidine rings is 1. The lowest BCUT2D eigenvalue weighted by Crippen LogP contribution is -2.62. The maximum Gasteiger partial charge on any atom is 0.0209 e. The summed E-state index contributed by atoms with van der Waals surface area (Å²) in [5.74, 6) is 0. The molecule has 0 radical (unpaired) electrons. The van der Waals surface area contributed by atoms with Gasteiger partial charge in [0.2, 0.25) is 0 Å². The molecular formula is C16H31N3. The van der Waals surface area contributed by atoms with E-state index in [2.05, 4.69) is 43.2 Å². The summed E-state index contributed by atoms with van der Waals surface area (Å²) in [5.41, 5.74) is 0.516. The van der Waals surface area contributed by atoms with E-state index in [-0.39, 0.29) is 11.1 Å². The average Bonchev–Trinajstić information content (AvgIpc) is 2.96. The number of likely N-dealkylation sites (tertiary alicyclic amines) is 1. The fourth-order valence-corrected chi connectivity index (χ4v) is 4.47. The first-order valence-electron chi connectivity index (χ1n) is 8.12. The van der Waals surface area contributed by atoms with E-state index in [4.69, 9.17) is 0 Å². The van der Waals surface area contributed by atoms with Gasteiger partial charge in [-0.1, -0.05) is 0 Å². The molecule has 3 fully saturated rings. The molecule has 0 aromatic rings. The molecule has 0 bridgehead atoms. The largest absolute Gasteiger partial charge is 0.310 e. The van der Waals surface area contributed by atoms with Crippen LogP contribution in [0.4, 0.5) is 0 Å². The second-order valence-electron chi connectivity index (χ2n) is 8.38. The first kappa shape index (κ1) is 13.8. The van der Waals surface area contributed by atoms with Gasteiger partial charge in [0.05, 0.1) is 0 Å². The maximum absolute atomic E-state index is 3.96. The number of nitrogens with one attached hydrogen (secondary N) is 2. The van der Waals surface area contributed by atoms with Crippen molar-refractivity contribution in [2.45, 2.75) is 89.0 Å². The van der Waals surface area contributed by atoms with Crippen molar-refractivity contribution >= 4 is 0 Å². The van der Waals surface area contributed by atoms with Crippen LogP contribution in [-0.4, -0.2) is 47.2 Å². The van der Waals surface area contributed by atoms with Gasteiger partial charge in [-0.15, -0.1) is 0 Å². The van der Waals surface area contributed by atoms with E-state index in [9.17, 15) is 0 Å². The van der Waals surface area contributed by atoms with Crippen LogP contribution in [-0.2, 0) is 0 Å². The smallest absolute Gasteiger partial charge is 0.0209 e. The van der Waals surface area contributed by atoms with Crippen LogP contribution >= 0.6 is 0 Å². The molecule has 110 valence electrons. The molecule has 2 N–H and O–H groups in total. The SMILES string of the molecule is CC1(C)CC(NC2CCN(C3CC3)C2)CC(C)(C)N1. The molecule has 2 heterocycles. The van der Waals surface area contributed by atoms with E-state index in [1.165, 1.54) is 45.2 Å². The number of nitrogens with zero attached hydrogens (tertiary/aromatic N) is 1. The molecule has 2 aliphatic heterocycles. The van der Waals surface area contributed by atoms with Crippen molar-refractivity contribution in [3.63, 3.8) is 0 Å². The average molecular weight is 265 g/mol. The van der Waals surface area contributed by atoms with Crippen LogP contribution in [0, 0.1) is 0 Å². The van der Waals surface area contributed by atoms with Crippen molar-refractivity contribution in [1.29, 1.82) is 0 Å². The molecule has 1 aliphatic carbocycles. The van der Waals surface area contributed by atoms with Crippen LogP contribution in [0.2, 0.25) is 0 Å². The Morgan fingerprint density at radius 2 is 1.58 bits per heavy atom. The highest BCUT2D eigenvalue weighted by Gasteiger charge is 2.40. The Hall–Kier alpha value is -0.120. The Morgan fingerprint density at radius 1 is 0.947 bits per heavy atom. The Labute approximate surface area is 118 Å². The van der Waals surface area contributed by atoms with E-state index in [0.29, 0.717) is 6.04 Å². The molecule has 3 nitrogen and oxygen atoms in total. The summed E-state index contributed by atoms with van der Waals surface area (Å²) < 4.78 is 0. The Balaban J connectivity index is 1.54. The molecule has 1 saturated carbocycles. The van der Waals surface area contributed by atoms with Gasteiger partial charge in [0.15, 0.2) is 0 Å². The van der Waals surface area contributed by atoms with Crippen molar-refractivity contribution in [2.75, 3.05) is 13.1 Å². The maximum atomic E-state index is 3.96. The van der Waals surface area contributed by atoms with Crippen molar-refractivity contribution in [2.24, 2.45) is 0 Å². The van der Waals surface area contributed by atoms with E-state index >= 15 is 0 Å². The zero-order valence-corrected chi connectivity index (χ0v) is 13.1. The summed E-state index contributed by atoms with van der Waals surface area (Å²) in [4.78, 5) is 2.70. The van der Waals surface area contributed by atoms with E-state index in [1.54, 1.807) is 0 Å². The lowest BCUT2D eigenvalue weighted by Gasteiger charge is -2.47. The highest BCUT2D eigenvalue weighted by Crippen LogP contribution is 2.32. The number of hydrogen-bond donors (Lipinski definition) is 2. The standard InChI is InChI=1S/C16H31N3/c1-15(2)9-13(10-16(3,4)18-15)17-12-7-8-19(11-12)14-5-6-14/h12-14,17-18H,5-11H2,1-4H3. The molecule has 0 spiro atoms. The van der Waals surface area contributed by atoms with E-state index in [1.807, 2.05) is 0 Å². The lowest BCUT2D eigenvalue weighted by atomic mass is 9.79. The Kier molecular flexibility index (Phi) is 3.43. The van der Waals surface area contributed by atoms with Gasteiger partial charge >= 0.3 is 0 Å². The van der Waals surface area contributed by atoms with E-state index in [0.717, 1.165) is 12.1 Å². The summed E-state index contributed by atoms with van der Waals surface area (Å²) in [5, 5.41) is 7.73. The van der Waals surface area contributed by atoms with Gasteiger partial charge in [-0.2, -0.15) is 0 Å². The molecular weight excluding hydrogens is 234 g/mol. The third-order valence-corrected chi connectivity index (χ3v) is 4.94. The molecule has 0 aromatic carbocycles. The second kappa shape index (κ2) is 4.71. The normalized spacial score (nSPS) is 35.7. The van der Waals surface area contributed by atoms with Crippen molar-refractivity contribution in [3.8, 4) is 0 Å². The number of hydrogen-bond acceptors (Lipinski definition) is 3. The van der Waals surface area contributed by atoms with Gasteiger partial charge < -0.3 is 10.6 Å². The summed E-state index contributed by atoms with van der Waals surface area (Å²) in [6, 6.07) is 2.35. The summed E-state index contributed by atoms with van der Waals surface area (Å²) in [6.07, 6.45) is 6.73. The minimum atomic E-state index is 0.258. The highest BCUT2D eigenvalue weighted by molar-refractivity contribution is 5.01. The predicted molar refractivity (Wildman–Crippen MR) is 80.5 cm³/mol. The van der Waals surface area contributed by atoms with E-state index < -0.39 is 0 Å². The fourth-order valence-electron chi connectivity index (χ4n) is 4.47. The fraction of sp³-hybridized carbons (Fsp3) is 1.00. The number of rotatable bonds is 3. The summed E-state index contributed by atoms with van der Waals surface area (Å²) in [6.45, 7) is 12.0. The third-order valence-electron chi connectivity index (χ3n) is 4.94. The van der Waals surface area contributed by atoms with Gasteiger partial charge in [0, 0.05) is 42.3 Å². The van der Waals surface area contributed by atoms with Gasteiger partial charge in [-0.05, 0) is 59.8 Å². The lowest BCUT2D eigenvalue weighted by molar-refractivity contribution is 0.139. The molecule has 3 rings (SSSR count). The highest BCUT2D eigenvalue weighted by atomic mass is 15.2. The van der Waals surface area contributed by atoms with Crippen LogP contribution in [0.5, 0.6) is 0 Å². The van der Waals surface area contributed by atoms with Gasteiger partial charge in [0.25, 0.3) is 0 Å². The Bertz CT molecular complexity index is 317. The minimum Gasteiger partial charge on any atom is -0.310 e. The molecule has 1 atom stereocenters. The van der Waals surface area contributed by atoms with Gasteiger partial charge in [-0.25, -0.2) is 0 Å². The molecule has 3 heteroatoms. The minimum absolute atomic E-state index is 0.258. The summed E-state index contributed by atoms with van der Waals surface area (Å²) >= 11 is 0. The first-order chi connectivity index (χ1) is 8.83. The van der Waals surface area contributed by atoms with Crippen molar-refractivity contribution in [1.82, 2.24) is 15.5 Å². The molecule has 2 saturated heterocycles. The van der Waals surface area contributed by atoms with Crippen LogP contribution in [0.3, 0.4) is 0 Å². The monoisotopic (exact) mass is 265 g/mol. The van der Waals surface area contributed by atoms with Crippen molar-refractivity contribution in [3.05, 3.63) is 0 Å². The molecule has 1 unspecified atom stereocenters. The quantitative estimate of drug-likeness (QED) is 0.818.